The molecule has 1 aliphatic rings. The number of hydrogen-bond acceptors (Lipinski definition) is 12. The van der Waals surface area contributed by atoms with Crippen molar-refractivity contribution >= 4 is 18.2 Å². The number of carbonyl (C=O) groups is 3. The van der Waals surface area contributed by atoms with Gasteiger partial charge in [0.25, 0.3) is 6.47 Å². The number of nitrogens with zero attached hydrogens (tertiary/aromatic N) is 2. The SMILES string of the molecule is CCCCCCCCC(CCCCCCCC)OC=O.CCCCCCCCOCC(COCCOCCCCCOCCCC(=O)CCN1CCN(C)CC1)OCCCCCCCC(=O)OC(CCCCCCCC)CCCCCCCC. The van der Waals surface area contributed by atoms with Gasteiger partial charge >= 0.3 is 5.97 Å². The molecule has 0 bridgehead atoms. The molecule has 1 saturated heterocycles. The van der Waals surface area contributed by atoms with E-state index in [9.17, 15) is 14.4 Å². The lowest BCUT2D eigenvalue weighted by molar-refractivity contribution is -0.150. The van der Waals surface area contributed by atoms with Crippen LogP contribution in [0, 0.1) is 0 Å². The van der Waals surface area contributed by atoms with Crippen molar-refractivity contribution in [2.24, 2.45) is 0 Å². The van der Waals surface area contributed by atoms with E-state index in [4.69, 9.17) is 33.2 Å². The van der Waals surface area contributed by atoms with E-state index < -0.39 is 0 Å². The van der Waals surface area contributed by atoms with Crippen molar-refractivity contribution in [3.8, 4) is 0 Å². The van der Waals surface area contributed by atoms with Gasteiger partial charge < -0.3 is 43.0 Å². The number of ether oxygens (including phenoxy) is 7. The second-order valence-corrected chi connectivity index (χ2v) is 24.9. The molecule has 0 amide bonds. The third-order valence-corrected chi connectivity index (χ3v) is 16.7. The summed E-state index contributed by atoms with van der Waals surface area (Å²) in [6, 6.07) is 0. The monoisotopic (exact) mass is 1200 g/mol. The number of unbranched alkanes of at least 4 members (excludes halogenated alkanes) is 31. The molecule has 500 valence electrons. The number of esters is 1. The molecule has 0 aromatic heterocycles. The Labute approximate surface area is 520 Å². The van der Waals surface area contributed by atoms with Crippen LogP contribution >= 0.6 is 0 Å². The van der Waals surface area contributed by atoms with Crippen LogP contribution in [0.3, 0.4) is 0 Å². The van der Waals surface area contributed by atoms with Crippen molar-refractivity contribution in [2.75, 3.05) is 99.2 Å². The van der Waals surface area contributed by atoms with Crippen LogP contribution in [-0.2, 0) is 47.5 Å². The van der Waals surface area contributed by atoms with Gasteiger partial charge in [0.05, 0.1) is 26.4 Å². The Morgan fingerprint density at radius 3 is 1.23 bits per heavy atom. The predicted molar refractivity (Wildman–Crippen MR) is 354 cm³/mol. The van der Waals surface area contributed by atoms with Gasteiger partial charge in [0.2, 0.25) is 0 Å². The molecule has 0 N–H and O–H groups in total. The van der Waals surface area contributed by atoms with E-state index in [0.29, 0.717) is 71.2 Å². The maximum atomic E-state index is 12.8. The number of carbonyl (C=O) groups excluding carboxylic acids is 3. The van der Waals surface area contributed by atoms with Crippen LogP contribution in [0.2, 0.25) is 0 Å². The molecule has 1 fully saturated rings. The van der Waals surface area contributed by atoms with Crippen molar-refractivity contribution in [1.29, 1.82) is 0 Å². The van der Waals surface area contributed by atoms with Gasteiger partial charge in [-0.3, -0.25) is 14.4 Å². The van der Waals surface area contributed by atoms with Gasteiger partial charge in [-0.1, -0.05) is 214 Å². The summed E-state index contributed by atoms with van der Waals surface area (Å²) in [7, 11) is 2.16. The first kappa shape index (κ1) is 82.3. The smallest absolute Gasteiger partial charge is 0.306 e. The summed E-state index contributed by atoms with van der Waals surface area (Å²) in [6.07, 6.45) is 53.8. The van der Waals surface area contributed by atoms with Gasteiger partial charge in [-0.15, -0.1) is 0 Å². The molecule has 0 aromatic rings. The predicted octanol–water partition coefficient (Wildman–Crippen LogP) is 18.7. The molecule has 1 heterocycles. The van der Waals surface area contributed by atoms with Crippen LogP contribution in [0.4, 0.5) is 0 Å². The molecule has 1 unspecified atom stereocenters. The lowest BCUT2D eigenvalue weighted by atomic mass is 10.0. The minimum Gasteiger partial charge on any atom is -0.465 e. The summed E-state index contributed by atoms with van der Waals surface area (Å²) in [5, 5.41) is 0. The van der Waals surface area contributed by atoms with E-state index in [2.05, 4.69) is 51.5 Å². The highest BCUT2D eigenvalue weighted by atomic mass is 16.6. The Kier molecular flexibility index (Phi) is 67.4. The molecule has 0 spiro atoms. The summed E-state index contributed by atoms with van der Waals surface area (Å²) in [4.78, 5) is 40.3. The highest BCUT2D eigenvalue weighted by Crippen LogP contribution is 2.20. The lowest BCUT2D eigenvalue weighted by Crippen LogP contribution is -2.45. The maximum absolute atomic E-state index is 12.8. The van der Waals surface area contributed by atoms with Crippen molar-refractivity contribution in [3.05, 3.63) is 0 Å². The fourth-order valence-electron chi connectivity index (χ4n) is 10.9. The van der Waals surface area contributed by atoms with E-state index in [0.717, 1.165) is 142 Å². The zero-order valence-corrected chi connectivity index (χ0v) is 56.7. The molecule has 0 aliphatic carbocycles. The van der Waals surface area contributed by atoms with Crippen LogP contribution in [0.5, 0.6) is 0 Å². The van der Waals surface area contributed by atoms with Crippen LogP contribution < -0.4 is 0 Å². The average Bonchev–Trinajstić information content (AvgIpc) is 3.51. The largest absolute Gasteiger partial charge is 0.465 e. The van der Waals surface area contributed by atoms with Crippen molar-refractivity contribution in [1.82, 2.24) is 9.80 Å². The summed E-state index contributed by atoms with van der Waals surface area (Å²) in [5.74, 6) is 0.364. The lowest BCUT2D eigenvalue weighted by Gasteiger charge is -2.32. The maximum Gasteiger partial charge on any atom is 0.306 e. The van der Waals surface area contributed by atoms with Crippen molar-refractivity contribution in [2.45, 2.75) is 348 Å². The number of likely N-dealkylation sites (N-methyl/N-ethyl adjacent to an activating group) is 1. The number of ketones is 1. The quantitative estimate of drug-likeness (QED) is 0.0327. The van der Waals surface area contributed by atoms with Crippen LogP contribution in [0.15, 0.2) is 0 Å². The fraction of sp³-hybridized carbons (Fsp3) is 0.958. The molecule has 12 nitrogen and oxygen atoms in total. The Hall–Kier alpha value is -1.67. The second kappa shape index (κ2) is 68.8. The number of rotatable bonds is 67. The zero-order chi connectivity index (χ0) is 61.1. The number of piperazine rings is 1. The summed E-state index contributed by atoms with van der Waals surface area (Å²) in [6.45, 7) is 23.0. The normalized spacial score (nSPS) is 13.4. The van der Waals surface area contributed by atoms with E-state index >= 15 is 0 Å². The second-order valence-electron chi connectivity index (χ2n) is 24.9. The fourth-order valence-corrected chi connectivity index (χ4v) is 10.9. The van der Waals surface area contributed by atoms with Gasteiger partial charge in [0, 0.05) is 85.0 Å². The molecule has 84 heavy (non-hydrogen) atoms. The summed E-state index contributed by atoms with van der Waals surface area (Å²) >= 11 is 0. The van der Waals surface area contributed by atoms with Gasteiger partial charge in [-0.25, -0.2) is 0 Å². The molecule has 12 heteroatoms. The third kappa shape index (κ3) is 62.0. The van der Waals surface area contributed by atoms with Crippen molar-refractivity contribution in [3.63, 3.8) is 0 Å². The number of Topliss-reactive ketones (excluding diaryl/α,β-unsaturated/α-hetero) is 1. The third-order valence-electron chi connectivity index (χ3n) is 16.7. The Balaban J connectivity index is 0.00000290. The van der Waals surface area contributed by atoms with Crippen molar-refractivity contribution < 1.29 is 47.5 Å². The zero-order valence-electron chi connectivity index (χ0n) is 56.7. The molecule has 1 aliphatic heterocycles. The van der Waals surface area contributed by atoms with Gasteiger partial charge in [0.15, 0.2) is 0 Å². The van der Waals surface area contributed by atoms with E-state index in [1.165, 1.54) is 186 Å². The molecule has 0 radical (unpaired) electrons. The van der Waals surface area contributed by atoms with E-state index in [-0.39, 0.29) is 24.3 Å². The first-order chi connectivity index (χ1) is 41.3. The van der Waals surface area contributed by atoms with Crippen LogP contribution in [0.1, 0.15) is 330 Å². The highest BCUT2D eigenvalue weighted by Gasteiger charge is 2.17. The molecule has 1 rings (SSSR count). The Morgan fingerprint density at radius 2 is 0.738 bits per heavy atom. The Bertz CT molecular complexity index is 1290. The van der Waals surface area contributed by atoms with E-state index in [1.54, 1.807) is 0 Å². The molecular weight excluding hydrogens is 1050 g/mol. The molecule has 0 aromatic carbocycles. The minimum atomic E-state index is -0.0734. The molecule has 1 atom stereocenters. The van der Waals surface area contributed by atoms with Crippen LogP contribution in [-0.4, -0.2) is 146 Å². The highest BCUT2D eigenvalue weighted by molar-refractivity contribution is 5.78. The summed E-state index contributed by atoms with van der Waals surface area (Å²) < 4.78 is 41.2. The van der Waals surface area contributed by atoms with Gasteiger partial charge in [-0.05, 0) is 103 Å². The standard InChI is InChI=1S/C54H106N2O8.C18H36O2/c1-5-8-11-14-18-24-33-52(34-25-19-15-12-9-6-2)64-54(58)35-26-20-17-22-30-46-63-53(49-61-44-27-21-16-13-10-7-3)50-62-48-47-60-43-29-23-28-42-59-45-31-32-51(57)36-37-56-40-38-55(4)39-41-56;1-3-5-7-9-11-13-15-18(20-17-19)16-14-12-10-8-6-4-2/h52-53H,5-50H2,1-4H3;17-18H,3-16H2,1-2H3. The molecular formula is C72H142N2O10. The average molecular weight is 1200 g/mol. The van der Waals surface area contributed by atoms with E-state index in [1.807, 2.05) is 0 Å². The topological polar surface area (TPSA) is 122 Å². The molecule has 0 saturated carbocycles. The summed E-state index contributed by atoms with van der Waals surface area (Å²) in [5.41, 5.74) is 0. The first-order valence-corrected chi connectivity index (χ1v) is 36.5. The number of hydrogen-bond donors (Lipinski definition) is 0. The van der Waals surface area contributed by atoms with Gasteiger partial charge in [0.1, 0.15) is 24.1 Å². The minimum absolute atomic E-state index is 0.00461. The first-order valence-electron chi connectivity index (χ1n) is 36.5. The van der Waals surface area contributed by atoms with Gasteiger partial charge in [-0.2, -0.15) is 0 Å². The Morgan fingerprint density at radius 1 is 0.369 bits per heavy atom. The van der Waals surface area contributed by atoms with Crippen LogP contribution in [0.25, 0.3) is 0 Å².